The molecule has 0 spiro atoms. The molecule has 0 heterocycles. The monoisotopic (exact) mass is 279 g/mol. The maximum absolute atomic E-state index is 11.9. The van der Waals surface area contributed by atoms with Gasteiger partial charge in [-0.15, -0.1) is 0 Å². The predicted molar refractivity (Wildman–Crippen MR) is 89.4 cm³/mol. The van der Waals surface area contributed by atoms with Gasteiger partial charge in [0.15, 0.2) is 0 Å². The fourth-order valence-electron chi connectivity index (χ4n) is 2.16. The van der Waals surface area contributed by atoms with Gasteiger partial charge in [-0.3, -0.25) is 4.79 Å². The van der Waals surface area contributed by atoms with E-state index in [0.717, 1.165) is 23.2 Å². The van der Waals surface area contributed by atoms with Crippen molar-refractivity contribution in [1.82, 2.24) is 0 Å². The van der Waals surface area contributed by atoms with Gasteiger partial charge in [0.25, 0.3) is 0 Å². The number of benzene rings is 2. The SMILES string of the molecule is CCc1ccc(/C=C/C(=O)Nc2ccc(C)cc2C)cc1. The molecule has 0 saturated carbocycles. The normalized spacial score (nSPS) is 10.8. The number of aryl methyl sites for hydroxylation is 3. The molecule has 0 aliphatic heterocycles. The van der Waals surface area contributed by atoms with E-state index in [-0.39, 0.29) is 5.91 Å². The lowest BCUT2D eigenvalue weighted by atomic mass is 10.1. The largest absolute Gasteiger partial charge is 0.322 e. The molecule has 1 amide bonds. The molecule has 21 heavy (non-hydrogen) atoms. The maximum Gasteiger partial charge on any atom is 0.248 e. The fourth-order valence-corrected chi connectivity index (χ4v) is 2.16. The van der Waals surface area contributed by atoms with Crippen LogP contribution in [0.25, 0.3) is 6.08 Å². The fraction of sp³-hybridized carbons (Fsp3) is 0.211. The van der Waals surface area contributed by atoms with Crippen molar-refractivity contribution >= 4 is 17.7 Å². The van der Waals surface area contributed by atoms with Gasteiger partial charge < -0.3 is 5.32 Å². The number of nitrogens with one attached hydrogen (secondary N) is 1. The Labute approximate surface area is 126 Å². The molecule has 2 nitrogen and oxygen atoms in total. The minimum absolute atomic E-state index is 0.110. The van der Waals surface area contributed by atoms with Crippen LogP contribution >= 0.6 is 0 Å². The number of anilines is 1. The molecule has 2 aromatic rings. The first kappa shape index (κ1) is 15.0. The van der Waals surface area contributed by atoms with E-state index in [4.69, 9.17) is 0 Å². The average Bonchev–Trinajstić information content (AvgIpc) is 2.48. The zero-order chi connectivity index (χ0) is 15.2. The molecule has 0 bridgehead atoms. The van der Waals surface area contributed by atoms with Crippen LogP contribution in [0.4, 0.5) is 5.69 Å². The maximum atomic E-state index is 11.9. The quantitative estimate of drug-likeness (QED) is 0.819. The molecule has 1 N–H and O–H groups in total. The second-order valence-electron chi connectivity index (χ2n) is 5.24. The number of amides is 1. The summed E-state index contributed by atoms with van der Waals surface area (Å²) in [5.74, 6) is -0.110. The Morgan fingerprint density at radius 3 is 2.43 bits per heavy atom. The molecule has 0 radical (unpaired) electrons. The van der Waals surface area contributed by atoms with Crippen molar-refractivity contribution in [1.29, 1.82) is 0 Å². The van der Waals surface area contributed by atoms with Crippen LogP contribution in [0, 0.1) is 13.8 Å². The first-order chi connectivity index (χ1) is 10.1. The first-order valence-electron chi connectivity index (χ1n) is 7.23. The molecule has 0 fully saturated rings. The van der Waals surface area contributed by atoms with Crippen molar-refractivity contribution in [2.24, 2.45) is 0 Å². The van der Waals surface area contributed by atoms with Gasteiger partial charge in [-0.2, -0.15) is 0 Å². The molecule has 2 aromatic carbocycles. The van der Waals surface area contributed by atoms with E-state index in [1.807, 2.05) is 44.2 Å². The summed E-state index contributed by atoms with van der Waals surface area (Å²) < 4.78 is 0. The Morgan fingerprint density at radius 2 is 1.81 bits per heavy atom. The molecular weight excluding hydrogens is 258 g/mol. The molecule has 0 aromatic heterocycles. The molecule has 0 unspecified atom stereocenters. The number of carbonyl (C=O) groups excluding carboxylic acids is 1. The topological polar surface area (TPSA) is 29.1 Å². The van der Waals surface area contributed by atoms with Gasteiger partial charge in [0, 0.05) is 11.8 Å². The summed E-state index contributed by atoms with van der Waals surface area (Å²) in [5, 5.41) is 2.90. The Balaban J connectivity index is 2.01. The van der Waals surface area contributed by atoms with Crippen LogP contribution in [-0.4, -0.2) is 5.91 Å². The highest BCUT2D eigenvalue weighted by Gasteiger charge is 2.01. The zero-order valence-corrected chi connectivity index (χ0v) is 12.8. The van der Waals surface area contributed by atoms with Crippen LogP contribution in [0.5, 0.6) is 0 Å². The van der Waals surface area contributed by atoms with Crippen molar-refractivity contribution in [3.8, 4) is 0 Å². The Hall–Kier alpha value is -2.35. The van der Waals surface area contributed by atoms with E-state index >= 15 is 0 Å². The summed E-state index contributed by atoms with van der Waals surface area (Å²) in [7, 11) is 0. The summed E-state index contributed by atoms with van der Waals surface area (Å²) in [6.45, 7) is 6.16. The van der Waals surface area contributed by atoms with E-state index in [1.165, 1.54) is 11.1 Å². The third kappa shape index (κ3) is 4.32. The van der Waals surface area contributed by atoms with Crippen LogP contribution in [0.3, 0.4) is 0 Å². The first-order valence-corrected chi connectivity index (χ1v) is 7.23. The van der Waals surface area contributed by atoms with E-state index < -0.39 is 0 Å². The lowest BCUT2D eigenvalue weighted by Gasteiger charge is -2.07. The Kier molecular flexibility index (Phi) is 4.94. The van der Waals surface area contributed by atoms with E-state index in [1.54, 1.807) is 6.08 Å². The van der Waals surface area contributed by atoms with Gasteiger partial charge in [0.2, 0.25) is 5.91 Å². The third-order valence-electron chi connectivity index (χ3n) is 3.45. The molecule has 0 aliphatic rings. The van der Waals surface area contributed by atoms with E-state index in [2.05, 4.69) is 30.4 Å². The average molecular weight is 279 g/mol. The minimum Gasteiger partial charge on any atom is -0.322 e. The third-order valence-corrected chi connectivity index (χ3v) is 3.45. The van der Waals surface area contributed by atoms with Gasteiger partial charge in [0.1, 0.15) is 0 Å². The standard InChI is InChI=1S/C19H21NO/c1-4-16-6-8-17(9-7-16)10-12-19(21)20-18-11-5-14(2)13-15(18)3/h5-13H,4H2,1-3H3,(H,20,21)/b12-10+. The van der Waals surface area contributed by atoms with E-state index in [0.29, 0.717) is 0 Å². The van der Waals surface area contributed by atoms with Crippen molar-refractivity contribution in [3.05, 3.63) is 70.8 Å². The van der Waals surface area contributed by atoms with Gasteiger partial charge in [-0.25, -0.2) is 0 Å². The summed E-state index contributed by atoms with van der Waals surface area (Å²) >= 11 is 0. The number of hydrogen-bond donors (Lipinski definition) is 1. The molecule has 108 valence electrons. The zero-order valence-electron chi connectivity index (χ0n) is 12.8. The summed E-state index contributed by atoms with van der Waals surface area (Å²) in [5.41, 5.74) is 5.45. The van der Waals surface area contributed by atoms with Gasteiger partial charge in [-0.1, -0.05) is 48.9 Å². The van der Waals surface area contributed by atoms with Crippen LogP contribution < -0.4 is 5.32 Å². The predicted octanol–water partition coefficient (Wildman–Crippen LogP) is 4.52. The van der Waals surface area contributed by atoms with Gasteiger partial charge >= 0.3 is 0 Å². The molecule has 2 heteroatoms. The highest BCUT2D eigenvalue weighted by atomic mass is 16.1. The summed E-state index contributed by atoms with van der Waals surface area (Å²) in [4.78, 5) is 11.9. The summed E-state index contributed by atoms with van der Waals surface area (Å²) in [6, 6.07) is 14.2. The highest BCUT2D eigenvalue weighted by Crippen LogP contribution is 2.16. The number of hydrogen-bond acceptors (Lipinski definition) is 1. The van der Waals surface area contributed by atoms with Gasteiger partial charge in [-0.05, 0) is 49.1 Å². The Morgan fingerprint density at radius 1 is 1.10 bits per heavy atom. The summed E-state index contributed by atoms with van der Waals surface area (Å²) in [6.07, 6.45) is 4.43. The smallest absolute Gasteiger partial charge is 0.248 e. The molecule has 0 aliphatic carbocycles. The van der Waals surface area contributed by atoms with Crippen molar-refractivity contribution in [2.45, 2.75) is 27.2 Å². The van der Waals surface area contributed by atoms with Gasteiger partial charge in [0.05, 0.1) is 0 Å². The Bertz CT molecular complexity index is 654. The van der Waals surface area contributed by atoms with Crippen molar-refractivity contribution in [2.75, 3.05) is 5.32 Å². The molecular formula is C19H21NO. The number of rotatable bonds is 4. The van der Waals surface area contributed by atoms with Crippen molar-refractivity contribution < 1.29 is 4.79 Å². The van der Waals surface area contributed by atoms with E-state index in [9.17, 15) is 4.79 Å². The molecule has 0 saturated heterocycles. The number of carbonyl (C=O) groups is 1. The molecule has 0 atom stereocenters. The van der Waals surface area contributed by atoms with Crippen LogP contribution in [0.1, 0.15) is 29.2 Å². The van der Waals surface area contributed by atoms with Crippen LogP contribution in [0.15, 0.2) is 48.5 Å². The minimum atomic E-state index is -0.110. The van der Waals surface area contributed by atoms with Crippen LogP contribution in [0.2, 0.25) is 0 Å². The van der Waals surface area contributed by atoms with Crippen LogP contribution in [-0.2, 0) is 11.2 Å². The highest BCUT2D eigenvalue weighted by molar-refractivity contribution is 6.02. The molecule has 2 rings (SSSR count). The second kappa shape index (κ2) is 6.89. The van der Waals surface area contributed by atoms with Crippen molar-refractivity contribution in [3.63, 3.8) is 0 Å². The lowest BCUT2D eigenvalue weighted by molar-refractivity contribution is -0.111. The second-order valence-corrected chi connectivity index (χ2v) is 5.24. The lowest BCUT2D eigenvalue weighted by Crippen LogP contribution is -2.08.